The Morgan fingerprint density at radius 1 is 1.07 bits per heavy atom. The van der Waals surface area contributed by atoms with Crippen LogP contribution in [0.1, 0.15) is 0 Å². The maximum Gasteiger partial charge on any atom is 0.573 e. The predicted octanol–water partition coefficient (Wildman–Crippen LogP) is 3.99. The number of ether oxygens (including phenoxy) is 2. The first kappa shape index (κ1) is 20.7. The molecule has 0 saturated carbocycles. The summed E-state index contributed by atoms with van der Waals surface area (Å²) in [5, 5.41) is 0. The molecule has 0 bridgehead atoms. The highest BCUT2D eigenvalue weighted by Gasteiger charge is 2.34. The molecule has 152 valence electrons. The van der Waals surface area contributed by atoms with Gasteiger partial charge in [-0.25, -0.2) is 8.42 Å². The Bertz CT molecular complexity index is 930. The van der Waals surface area contributed by atoms with E-state index in [1.54, 1.807) is 24.3 Å². The summed E-state index contributed by atoms with van der Waals surface area (Å²) in [4.78, 5) is 1.47. The van der Waals surface area contributed by atoms with Crippen LogP contribution in [0.3, 0.4) is 0 Å². The van der Waals surface area contributed by atoms with E-state index in [0.29, 0.717) is 13.2 Å². The monoisotopic (exact) mass is 480 g/mol. The highest BCUT2D eigenvalue weighted by atomic mass is 79.9. The van der Waals surface area contributed by atoms with Gasteiger partial charge in [-0.3, -0.25) is 4.72 Å². The number of anilines is 2. The Morgan fingerprint density at radius 2 is 1.71 bits per heavy atom. The van der Waals surface area contributed by atoms with Crippen molar-refractivity contribution in [2.24, 2.45) is 0 Å². The molecule has 1 aliphatic heterocycles. The van der Waals surface area contributed by atoms with E-state index >= 15 is 0 Å². The van der Waals surface area contributed by atoms with Gasteiger partial charge in [0.1, 0.15) is 4.90 Å². The molecule has 1 heterocycles. The van der Waals surface area contributed by atoms with Crippen molar-refractivity contribution in [1.29, 1.82) is 0 Å². The first-order chi connectivity index (χ1) is 13.1. The minimum atomic E-state index is -5.02. The van der Waals surface area contributed by atoms with Gasteiger partial charge < -0.3 is 14.4 Å². The number of alkyl halides is 3. The molecule has 0 amide bonds. The van der Waals surface area contributed by atoms with Crippen molar-refractivity contribution in [3.63, 3.8) is 0 Å². The molecule has 1 aliphatic rings. The van der Waals surface area contributed by atoms with Crippen molar-refractivity contribution < 1.29 is 31.1 Å². The lowest BCUT2D eigenvalue weighted by molar-refractivity contribution is -0.275. The standard InChI is InChI=1S/C17H16BrF3N2O4S/c18-12-1-6-16(15(11-12)27-17(19,20)21)28(24,25)22-13-2-4-14(5-3-13)23-7-9-26-10-8-23/h1-6,11,22H,7-10H2. The van der Waals surface area contributed by atoms with Crippen LogP contribution in [0.15, 0.2) is 51.8 Å². The molecule has 28 heavy (non-hydrogen) atoms. The number of benzene rings is 2. The van der Waals surface area contributed by atoms with Crippen molar-refractivity contribution in [2.75, 3.05) is 35.9 Å². The molecule has 0 atom stereocenters. The molecule has 0 unspecified atom stereocenters. The Kier molecular flexibility index (Phi) is 6.06. The smallest absolute Gasteiger partial charge is 0.404 e. The molecule has 2 aromatic rings. The molecule has 1 fully saturated rings. The van der Waals surface area contributed by atoms with Crippen molar-refractivity contribution in [3.8, 4) is 5.75 Å². The lowest BCUT2D eigenvalue weighted by Gasteiger charge is -2.28. The first-order valence-electron chi connectivity index (χ1n) is 8.15. The van der Waals surface area contributed by atoms with Crippen LogP contribution >= 0.6 is 15.9 Å². The van der Waals surface area contributed by atoms with E-state index < -0.39 is 27.0 Å². The molecule has 0 aromatic heterocycles. The second-order valence-corrected chi connectivity index (χ2v) is 8.46. The van der Waals surface area contributed by atoms with Crippen molar-refractivity contribution >= 4 is 37.3 Å². The van der Waals surface area contributed by atoms with E-state index in [2.05, 4.69) is 30.3 Å². The maximum absolute atomic E-state index is 12.6. The fourth-order valence-electron chi connectivity index (χ4n) is 2.68. The lowest BCUT2D eigenvalue weighted by atomic mass is 10.2. The van der Waals surface area contributed by atoms with E-state index in [1.807, 2.05) is 0 Å². The van der Waals surface area contributed by atoms with E-state index in [1.165, 1.54) is 6.07 Å². The van der Waals surface area contributed by atoms with E-state index in [9.17, 15) is 21.6 Å². The Morgan fingerprint density at radius 3 is 2.32 bits per heavy atom. The van der Waals surface area contributed by atoms with Gasteiger partial charge in [0.15, 0.2) is 5.75 Å². The molecule has 11 heteroatoms. The normalized spacial score (nSPS) is 15.4. The average molecular weight is 481 g/mol. The van der Waals surface area contributed by atoms with Crippen LogP contribution in [0, 0.1) is 0 Å². The molecule has 1 N–H and O–H groups in total. The number of hydrogen-bond acceptors (Lipinski definition) is 5. The van der Waals surface area contributed by atoms with Gasteiger partial charge in [0, 0.05) is 28.9 Å². The highest BCUT2D eigenvalue weighted by molar-refractivity contribution is 9.10. The number of hydrogen-bond donors (Lipinski definition) is 1. The molecule has 0 spiro atoms. The van der Waals surface area contributed by atoms with E-state index in [-0.39, 0.29) is 10.2 Å². The maximum atomic E-state index is 12.6. The van der Waals surface area contributed by atoms with Gasteiger partial charge in [0.2, 0.25) is 0 Å². The summed E-state index contributed by atoms with van der Waals surface area (Å²) in [5.41, 5.74) is 1.12. The van der Waals surface area contributed by atoms with Gasteiger partial charge in [-0.1, -0.05) is 15.9 Å². The summed E-state index contributed by atoms with van der Waals surface area (Å²) in [7, 11) is -4.30. The third kappa shape index (κ3) is 5.30. The van der Waals surface area contributed by atoms with Gasteiger partial charge in [-0.05, 0) is 42.5 Å². The summed E-state index contributed by atoms with van der Waals surface area (Å²) < 4.78 is 74.8. The molecular formula is C17H16BrF3N2O4S. The molecular weight excluding hydrogens is 465 g/mol. The van der Waals surface area contributed by atoms with Crippen LogP contribution in [0.5, 0.6) is 5.75 Å². The molecule has 0 radical (unpaired) electrons. The zero-order chi connectivity index (χ0) is 20.4. The van der Waals surface area contributed by atoms with E-state index in [0.717, 1.165) is 30.9 Å². The SMILES string of the molecule is O=S(=O)(Nc1ccc(N2CCOCC2)cc1)c1ccc(Br)cc1OC(F)(F)F. The predicted molar refractivity (Wildman–Crippen MR) is 101 cm³/mol. The average Bonchev–Trinajstić information content (AvgIpc) is 2.61. The number of nitrogens with one attached hydrogen (secondary N) is 1. The number of rotatable bonds is 5. The fourth-order valence-corrected chi connectivity index (χ4v) is 4.19. The first-order valence-corrected chi connectivity index (χ1v) is 10.4. The van der Waals surface area contributed by atoms with E-state index in [4.69, 9.17) is 4.74 Å². The van der Waals surface area contributed by atoms with Crippen molar-refractivity contribution in [2.45, 2.75) is 11.3 Å². The summed E-state index contributed by atoms with van der Waals surface area (Å²) in [5.74, 6) is -0.820. The number of morpholine rings is 1. The second kappa shape index (κ2) is 8.18. The Hall–Kier alpha value is -1.98. The summed E-state index contributed by atoms with van der Waals surface area (Å²) in [6.07, 6.45) is -5.02. The van der Waals surface area contributed by atoms with Crippen LogP contribution in [0.2, 0.25) is 0 Å². The van der Waals surface area contributed by atoms with Crippen molar-refractivity contribution in [1.82, 2.24) is 0 Å². The molecule has 6 nitrogen and oxygen atoms in total. The fraction of sp³-hybridized carbons (Fsp3) is 0.294. The van der Waals surface area contributed by atoms with Crippen LogP contribution in [-0.4, -0.2) is 41.1 Å². The third-order valence-electron chi connectivity index (χ3n) is 3.92. The zero-order valence-electron chi connectivity index (χ0n) is 14.4. The summed E-state index contributed by atoms with van der Waals surface area (Å²) in [6, 6.07) is 9.87. The molecule has 2 aromatic carbocycles. The van der Waals surface area contributed by atoms with Gasteiger partial charge in [0.25, 0.3) is 10.0 Å². The lowest BCUT2D eigenvalue weighted by Crippen LogP contribution is -2.36. The molecule has 1 saturated heterocycles. The minimum absolute atomic E-state index is 0.220. The number of halogens is 4. The quantitative estimate of drug-likeness (QED) is 0.700. The Balaban J connectivity index is 1.82. The summed E-state index contributed by atoms with van der Waals surface area (Å²) in [6.45, 7) is 2.67. The molecule has 0 aliphatic carbocycles. The van der Waals surface area contributed by atoms with Crippen LogP contribution in [0.4, 0.5) is 24.5 Å². The van der Waals surface area contributed by atoms with Gasteiger partial charge in [-0.15, -0.1) is 13.2 Å². The number of sulfonamides is 1. The number of nitrogens with zero attached hydrogens (tertiary/aromatic N) is 1. The second-order valence-electron chi connectivity index (χ2n) is 5.89. The van der Waals surface area contributed by atoms with Crippen molar-refractivity contribution in [3.05, 3.63) is 46.9 Å². The van der Waals surface area contributed by atoms with Crippen LogP contribution < -0.4 is 14.4 Å². The Labute approximate surface area is 168 Å². The van der Waals surface area contributed by atoms with Gasteiger partial charge >= 0.3 is 6.36 Å². The largest absolute Gasteiger partial charge is 0.573 e. The van der Waals surface area contributed by atoms with Crippen LogP contribution in [0.25, 0.3) is 0 Å². The van der Waals surface area contributed by atoms with Crippen LogP contribution in [-0.2, 0) is 14.8 Å². The molecule has 3 rings (SSSR count). The van der Waals surface area contributed by atoms with Gasteiger partial charge in [0.05, 0.1) is 13.2 Å². The topological polar surface area (TPSA) is 67.9 Å². The minimum Gasteiger partial charge on any atom is -0.404 e. The zero-order valence-corrected chi connectivity index (χ0v) is 16.8. The van der Waals surface area contributed by atoms with Gasteiger partial charge in [-0.2, -0.15) is 0 Å². The summed E-state index contributed by atoms with van der Waals surface area (Å²) >= 11 is 3.01. The highest BCUT2D eigenvalue weighted by Crippen LogP contribution is 2.33. The third-order valence-corrected chi connectivity index (χ3v) is 5.83.